The third-order valence-corrected chi connectivity index (χ3v) is 4.29. The van der Waals surface area contributed by atoms with Gasteiger partial charge in [0.1, 0.15) is 12.7 Å². The highest BCUT2D eigenvalue weighted by Gasteiger charge is 2.09. The summed E-state index contributed by atoms with van der Waals surface area (Å²) in [5, 5.41) is 5.34. The summed E-state index contributed by atoms with van der Waals surface area (Å²) in [5.74, 6) is 0. The molecule has 0 saturated heterocycles. The van der Waals surface area contributed by atoms with Gasteiger partial charge in [-0.15, -0.1) is 12.4 Å². The number of fused-ring (bicyclic) bond motifs is 1. The maximum atomic E-state index is 4.56. The minimum Gasteiger partial charge on any atom is -0.247 e. The SMILES string of the molecule is Cl.c1ccc(-c2ccc3snc(Cn4cncn4)c3c2)cc1. The molecule has 0 bridgehead atoms. The molecule has 6 heteroatoms. The Kier molecular flexibility index (Phi) is 4.18. The molecule has 0 N–H and O–H groups in total. The summed E-state index contributed by atoms with van der Waals surface area (Å²) >= 11 is 1.53. The summed E-state index contributed by atoms with van der Waals surface area (Å²) in [6.45, 7) is 0.651. The molecule has 0 radical (unpaired) electrons. The standard InChI is InChI=1S/C16H12N4S.ClH/c1-2-4-12(5-3-1)13-6-7-16-14(8-13)15(19-21-16)9-20-11-17-10-18-20;/h1-8,10-11H,9H2;1H. The van der Waals surface area contributed by atoms with Gasteiger partial charge in [-0.1, -0.05) is 36.4 Å². The van der Waals surface area contributed by atoms with E-state index < -0.39 is 0 Å². The van der Waals surface area contributed by atoms with Crippen LogP contribution in [-0.2, 0) is 6.54 Å². The van der Waals surface area contributed by atoms with Gasteiger partial charge >= 0.3 is 0 Å². The highest BCUT2D eigenvalue weighted by atomic mass is 35.5. The third kappa shape index (κ3) is 2.73. The molecule has 110 valence electrons. The molecule has 0 unspecified atom stereocenters. The molecule has 22 heavy (non-hydrogen) atoms. The van der Waals surface area contributed by atoms with Crippen LogP contribution in [-0.4, -0.2) is 19.1 Å². The molecule has 0 fully saturated rings. The van der Waals surface area contributed by atoms with Crippen molar-refractivity contribution in [2.24, 2.45) is 0 Å². The molecule has 4 nitrogen and oxygen atoms in total. The van der Waals surface area contributed by atoms with Gasteiger partial charge in [0.05, 0.1) is 16.9 Å². The minimum atomic E-state index is 0. The largest absolute Gasteiger partial charge is 0.247 e. The van der Waals surface area contributed by atoms with Crippen molar-refractivity contribution in [3.63, 3.8) is 0 Å². The van der Waals surface area contributed by atoms with E-state index in [0.717, 1.165) is 5.69 Å². The average Bonchev–Trinajstić information content (AvgIpc) is 3.19. The van der Waals surface area contributed by atoms with Crippen molar-refractivity contribution in [1.29, 1.82) is 0 Å². The lowest BCUT2D eigenvalue weighted by atomic mass is 10.0. The summed E-state index contributed by atoms with van der Waals surface area (Å²) in [6, 6.07) is 16.9. The molecular formula is C16H13ClN4S. The van der Waals surface area contributed by atoms with Crippen LogP contribution in [0.1, 0.15) is 5.69 Å². The second-order valence-electron chi connectivity index (χ2n) is 4.80. The molecule has 0 saturated carbocycles. The Morgan fingerprint density at radius 1 is 1.00 bits per heavy atom. The van der Waals surface area contributed by atoms with Gasteiger partial charge in [0.2, 0.25) is 0 Å². The van der Waals surface area contributed by atoms with Gasteiger partial charge < -0.3 is 0 Å². The van der Waals surface area contributed by atoms with Gasteiger partial charge in [0, 0.05) is 5.39 Å². The van der Waals surface area contributed by atoms with E-state index in [1.807, 2.05) is 6.07 Å². The monoisotopic (exact) mass is 328 g/mol. The predicted octanol–water partition coefficient (Wildman–Crippen LogP) is 4.02. The van der Waals surface area contributed by atoms with Crippen molar-refractivity contribution in [2.75, 3.05) is 0 Å². The number of aromatic nitrogens is 4. The number of nitrogens with zero attached hydrogens (tertiary/aromatic N) is 4. The van der Waals surface area contributed by atoms with Crippen LogP contribution in [0.5, 0.6) is 0 Å². The van der Waals surface area contributed by atoms with Gasteiger partial charge in [0.25, 0.3) is 0 Å². The maximum absolute atomic E-state index is 4.56. The van der Waals surface area contributed by atoms with Crippen LogP contribution in [0.4, 0.5) is 0 Å². The van der Waals surface area contributed by atoms with E-state index in [-0.39, 0.29) is 12.4 Å². The summed E-state index contributed by atoms with van der Waals surface area (Å²) in [4.78, 5) is 3.98. The number of hydrogen-bond donors (Lipinski definition) is 0. The fraction of sp³-hybridized carbons (Fsp3) is 0.0625. The van der Waals surface area contributed by atoms with E-state index in [9.17, 15) is 0 Å². The van der Waals surface area contributed by atoms with Gasteiger partial charge in [-0.25, -0.2) is 9.67 Å². The van der Waals surface area contributed by atoms with E-state index in [0.29, 0.717) is 6.54 Å². The van der Waals surface area contributed by atoms with Crippen molar-refractivity contribution in [1.82, 2.24) is 19.1 Å². The van der Waals surface area contributed by atoms with Crippen LogP contribution in [0.15, 0.2) is 61.2 Å². The van der Waals surface area contributed by atoms with Crippen molar-refractivity contribution in [3.05, 3.63) is 66.9 Å². The van der Waals surface area contributed by atoms with Crippen molar-refractivity contribution in [3.8, 4) is 11.1 Å². The van der Waals surface area contributed by atoms with Gasteiger partial charge in [-0.2, -0.15) is 9.47 Å². The Morgan fingerprint density at radius 3 is 2.64 bits per heavy atom. The highest BCUT2D eigenvalue weighted by molar-refractivity contribution is 7.13. The van der Waals surface area contributed by atoms with E-state index in [4.69, 9.17) is 0 Å². The van der Waals surface area contributed by atoms with Crippen molar-refractivity contribution < 1.29 is 0 Å². The molecule has 2 heterocycles. The molecule has 0 spiro atoms. The van der Waals surface area contributed by atoms with Crippen molar-refractivity contribution in [2.45, 2.75) is 6.54 Å². The molecule has 4 rings (SSSR count). The normalized spacial score (nSPS) is 10.5. The summed E-state index contributed by atoms with van der Waals surface area (Å²) in [7, 11) is 0. The van der Waals surface area contributed by atoms with Gasteiger partial charge in [0.15, 0.2) is 0 Å². The van der Waals surface area contributed by atoms with Crippen LogP contribution < -0.4 is 0 Å². The van der Waals surface area contributed by atoms with E-state index in [2.05, 4.69) is 56.9 Å². The number of hydrogen-bond acceptors (Lipinski definition) is 4. The zero-order chi connectivity index (χ0) is 14.1. The van der Waals surface area contributed by atoms with Crippen LogP contribution in [0.2, 0.25) is 0 Å². The molecule has 2 aromatic heterocycles. The zero-order valence-electron chi connectivity index (χ0n) is 11.6. The molecule has 0 aliphatic carbocycles. The average molecular weight is 329 g/mol. The first kappa shape index (κ1) is 14.7. The molecule has 0 amide bonds. The fourth-order valence-electron chi connectivity index (χ4n) is 2.38. The van der Waals surface area contributed by atoms with Crippen LogP contribution in [0, 0.1) is 0 Å². The van der Waals surface area contributed by atoms with E-state index in [1.165, 1.54) is 32.7 Å². The maximum Gasteiger partial charge on any atom is 0.137 e. The lowest BCUT2D eigenvalue weighted by molar-refractivity contribution is 0.679. The quantitative estimate of drug-likeness (QED) is 0.570. The summed E-state index contributed by atoms with van der Waals surface area (Å²) in [5.41, 5.74) is 3.47. The van der Waals surface area contributed by atoms with Crippen LogP contribution in [0.3, 0.4) is 0 Å². The first-order chi connectivity index (χ1) is 10.4. The second-order valence-corrected chi connectivity index (χ2v) is 5.60. The van der Waals surface area contributed by atoms with Crippen molar-refractivity contribution >= 4 is 34.0 Å². The molecule has 0 atom stereocenters. The lowest BCUT2D eigenvalue weighted by Gasteiger charge is -2.03. The Hall–Kier alpha value is -2.24. The van der Waals surface area contributed by atoms with Gasteiger partial charge in [-0.3, -0.25) is 0 Å². The Balaban J connectivity index is 0.00000144. The lowest BCUT2D eigenvalue weighted by Crippen LogP contribution is -2.00. The highest BCUT2D eigenvalue weighted by Crippen LogP contribution is 2.29. The summed E-state index contributed by atoms with van der Waals surface area (Å²) in [6.07, 6.45) is 3.26. The minimum absolute atomic E-state index is 0. The number of halogens is 1. The zero-order valence-corrected chi connectivity index (χ0v) is 13.2. The molecular weight excluding hydrogens is 316 g/mol. The topological polar surface area (TPSA) is 43.6 Å². The number of rotatable bonds is 3. The molecule has 4 aromatic rings. The van der Waals surface area contributed by atoms with Crippen LogP contribution >= 0.6 is 23.9 Å². The molecule has 2 aromatic carbocycles. The molecule has 0 aliphatic heterocycles. The van der Waals surface area contributed by atoms with Crippen LogP contribution in [0.25, 0.3) is 21.2 Å². The number of benzene rings is 2. The first-order valence-corrected chi connectivity index (χ1v) is 7.43. The predicted molar refractivity (Wildman–Crippen MR) is 91.4 cm³/mol. The Labute approximate surface area is 138 Å². The molecule has 0 aliphatic rings. The Morgan fingerprint density at radius 2 is 1.86 bits per heavy atom. The fourth-order valence-corrected chi connectivity index (χ4v) is 3.15. The van der Waals surface area contributed by atoms with E-state index >= 15 is 0 Å². The Bertz CT molecular complexity index is 872. The van der Waals surface area contributed by atoms with Gasteiger partial charge in [-0.05, 0) is 34.8 Å². The first-order valence-electron chi connectivity index (χ1n) is 6.66. The summed E-state index contributed by atoms with van der Waals surface area (Å²) < 4.78 is 7.55. The third-order valence-electron chi connectivity index (χ3n) is 3.43. The second kappa shape index (κ2) is 6.25. The smallest absolute Gasteiger partial charge is 0.137 e. The van der Waals surface area contributed by atoms with E-state index in [1.54, 1.807) is 17.3 Å².